The van der Waals surface area contributed by atoms with Gasteiger partial charge >= 0.3 is 6.18 Å². The van der Waals surface area contributed by atoms with Crippen LogP contribution < -0.4 is 9.47 Å². The number of rotatable bonds is 4. The molecule has 0 spiro atoms. The van der Waals surface area contributed by atoms with Crippen LogP contribution in [-0.2, 0) is 12.6 Å². The number of carbonyl (C=O) groups is 1. The van der Waals surface area contributed by atoms with Crippen molar-refractivity contribution in [3.8, 4) is 11.5 Å². The van der Waals surface area contributed by atoms with Gasteiger partial charge in [0.2, 0.25) is 6.79 Å². The van der Waals surface area contributed by atoms with Gasteiger partial charge < -0.3 is 9.47 Å². The molecule has 23 heavy (non-hydrogen) atoms. The summed E-state index contributed by atoms with van der Waals surface area (Å²) in [5.74, 6) is 0.945. The standard InChI is InChI=1S/C17H13F3O3/c18-17(19,20)13-3-1-2-12(9-13)14(21)6-4-11-5-7-15-16(8-11)23-10-22-15/h1-3,5,7-9H,4,6,10H2. The summed E-state index contributed by atoms with van der Waals surface area (Å²) in [5, 5.41) is 0. The Bertz CT molecular complexity index is 738. The molecule has 0 aromatic heterocycles. The van der Waals surface area contributed by atoms with Gasteiger partial charge in [0.05, 0.1) is 5.56 Å². The molecule has 0 amide bonds. The minimum absolute atomic E-state index is 0.0700. The molecule has 0 unspecified atom stereocenters. The van der Waals surface area contributed by atoms with E-state index in [-0.39, 0.29) is 24.6 Å². The topological polar surface area (TPSA) is 35.5 Å². The molecule has 1 aliphatic heterocycles. The smallest absolute Gasteiger partial charge is 0.416 e. The minimum atomic E-state index is -4.45. The third kappa shape index (κ3) is 3.47. The zero-order chi connectivity index (χ0) is 16.4. The summed E-state index contributed by atoms with van der Waals surface area (Å²) >= 11 is 0. The molecule has 6 heteroatoms. The van der Waals surface area contributed by atoms with Gasteiger partial charge in [-0.05, 0) is 36.2 Å². The van der Waals surface area contributed by atoms with Gasteiger partial charge in [0.25, 0.3) is 0 Å². The number of halogens is 3. The van der Waals surface area contributed by atoms with Gasteiger partial charge in [-0.15, -0.1) is 0 Å². The van der Waals surface area contributed by atoms with Crippen LogP contribution in [-0.4, -0.2) is 12.6 Å². The molecule has 2 aromatic carbocycles. The van der Waals surface area contributed by atoms with Crippen LogP contribution in [0, 0.1) is 0 Å². The number of ketones is 1. The molecule has 0 aliphatic carbocycles. The molecular weight excluding hydrogens is 309 g/mol. The van der Waals surface area contributed by atoms with Crippen LogP contribution in [0.25, 0.3) is 0 Å². The normalized spacial score (nSPS) is 13.2. The maximum atomic E-state index is 12.7. The molecule has 3 nitrogen and oxygen atoms in total. The van der Waals surface area contributed by atoms with E-state index >= 15 is 0 Å². The first-order valence-corrected chi connectivity index (χ1v) is 7.02. The summed E-state index contributed by atoms with van der Waals surface area (Å²) in [6.45, 7) is 0.169. The van der Waals surface area contributed by atoms with Gasteiger partial charge in [0.1, 0.15) is 0 Å². The zero-order valence-corrected chi connectivity index (χ0v) is 12.0. The zero-order valence-electron chi connectivity index (χ0n) is 12.0. The Kier molecular flexibility index (Phi) is 3.98. The molecule has 0 saturated carbocycles. The van der Waals surface area contributed by atoms with E-state index in [9.17, 15) is 18.0 Å². The number of aryl methyl sites for hydroxylation is 1. The number of alkyl halides is 3. The molecule has 0 saturated heterocycles. The summed E-state index contributed by atoms with van der Waals surface area (Å²) < 4.78 is 48.5. The SMILES string of the molecule is O=C(CCc1ccc2c(c1)OCO2)c1cccc(C(F)(F)F)c1. The largest absolute Gasteiger partial charge is 0.454 e. The number of carbonyl (C=O) groups excluding carboxylic acids is 1. The summed E-state index contributed by atoms with van der Waals surface area (Å²) in [5.41, 5.74) is 0.126. The Morgan fingerprint density at radius 2 is 1.83 bits per heavy atom. The van der Waals surface area contributed by atoms with E-state index in [0.717, 1.165) is 17.7 Å². The first-order valence-electron chi connectivity index (χ1n) is 7.02. The number of Topliss-reactive ketones (excluding diaryl/α,β-unsaturated/α-hetero) is 1. The van der Waals surface area contributed by atoms with E-state index < -0.39 is 11.7 Å². The summed E-state index contributed by atoms with van der Waals surface area (Å²) in [6.07, 6.45) is -3.90. The van der Waals surface area contributed by atoms with Crippen molar-refractivity contribution in [2.75, 3.05) is 6.79 Å². The van der Waals surface area contributed by atoms with Crippen LogP contribution in [0.3, 0.4) is 0 Å². The van der Waals surface area contributed by atoms with Crippen molar-refractivity contribution in [1.82, 2.24) is 0 Å². The van der Waals surface area contributed by atoms with Gasteiger partial charge in [-0.25, -0.2) is 0 Å². The molecular formula is C17H13F3O3. The second-order valence-electron chi connectivity index (χ2n) is 5.19. The Hall–Kier alpha value is -2.50. The molecule has 1 heterocycles. The summed E-state index contributed by atoms with van der Waals surface area (Å²) in [6, 6.07) is 9.84. The second-order valence-corrected chi connectivity index (χ2v) is 5.19. The number of fused-ring (bicyclic) bond motifs is 1. The number of hydrogen-bond donors (Lipinski definition) is 0. The van der Waals surface area contributed by atoms with Crippen LogP contribution in [0.1, 0.15) is 27.9 Å². The highest BCUT2D eigenvalue weighted by molar-refractivity contribution is 5.96. The lowest BCUT2D eigenvalue weighted by atomic mass is 10.0. The molecule has 0 fully saturated rings. The fraction of sp³-hybridized carbons (Fsp3) is 0.235. The second kappa shape index (κ2) is 5.95. The van der Waals surface area contributed by atoms with Crippen molar-refractivity contribution >= 4 is 5.78 Å². The molecule has 2 aromatic rings. The van der Waals surface area contributed by atoms with Crippen molar-refractivity contribution in [3.63, 3.8) is 0 Å². The first-order chi connectivity index (χ1) is 10.9. The molecule has 0 N–H and O–H groups in total. The monoisotopic (exact) mass is 322 g/mol. The highest BCUT2D eigenvalue weighted by Gasteiger charge is 2.30. The van der Waals surface area contributed by atoms with E-state index in [1.54, 1.807) is 12.1 Å². The summed E-state index contributed by atoms with van der Waals surface area (Å²) in [7, 11) is 0. The summed E-state index contributed by atoms with van der Waals surface area (Å²) in [4.78, 5) is 12.1. The molecule has 3 rings (SSSR count). The molecule has 120 valence electrons. The van der Waals surface area contributed by atoms with Gasteiger partial charge in [0, 0.05) is 12.0 Å². The minimum Gasteiger partial charge on any atom is -0.454 e. The Labute approximate surface area is 130 Å². The van der Waals surface area contributed by atoms with Gasteiger partial charge in [-0.1, -0.05) is 18.2 Å². The predicted molar refractivity (Wildman–Crippen MR) is 76.7 cm³/mol. The average Bonchev–Trinajstić information content (AvgIpc) is 2.99. The van der Waals surface area contributed by atoms with Crippen LogP contribution >= 0.6 is 0 Å². The van der Waals surface area contributed by atoms with Crippen LogP contribution in [0.5, 0.6) is 11.5 Å². The lowest BCUT2D eigenvalue weighted by Crippen LogP contribution is -2.08. The van der Waals surface area contributed by atoms with E-state index in [1.807, 2.05) is 6.07 Å². The van der Waals surface area contributed by atoms with E-state index in [2.05, 4.69) is 0 Å². The quantitative estimate of drug-likeness (QED) is 0.790. The number of hydrogen-bond acceptors (Lipinski definition) is 3. The van der Waals surface area contributed by atoms with E-state index in [1.165, 1.54) is 12.1 Å². The number of ether oxygens (including phenoxy) is 2. The van der Waals surface area contributed by atoms with Crippen molar-refractivity contribution in [2.45, 2.75) is 19.0 Å². The van der Waals surface area contributed by atoms with Crippen molar-refractivity contribution < 1.29 is 27.4 Å². The molecule has 0 bridgehead atoms. The fourth-order valence-electron chi connectivity index (χ4n) is 2.37. The third-order valence-corrected chi connectivity index (χ3v) is 3.59. The molecule has 0 atom stereocenters. The van der Waals surface area contributed by atoms with Crippen LogP contribution in [0.2, 0.25) is 0 Å². The molecule has 0 radical (unpaired) electrons. The highest BCUT2D eigenvalue weighted by Crippen LogP contribution is 2.33. The lowest BCUT2D eigenvalue weighted by Gasteiger charge is -2.08. The van der Waals surface area contributed by atoms with E-state index in [4.69, 9.17) is 9.47 Å². The first kappa shape index (κ1) is 15.4. The van der Waals surface area contributed by atoms with Crippen LogP contribution in [0.4, 0.5) is 13.2 Å². The highest BCUT2D eigenvalue weighted by atomic mass is 19.4. The maximum Gasteiger partial charge on any atom is 0.416 e. The van der Waals surface area contributed by atoms with Crippen molar-refractivity contribution in [1.29, 1.82) is 0 Å². The van der Waals surface area contributed by atoms with Gasteiger partial charge in [-0.2, -0.15) is 13.2 Å². The number of benzene rings is 2. The lowest BCUT2D eigenvalue weighted by molar-refractivity contribution is -0.137. The van der Waals surface area contributed by atoms with Crippen LogP contribution in [0.15, 0.2) is 42.5 Å². The molecule has 1 aliphatic rings. The average molecular weight is 322 g/mol. The third-order valence-electron chi connectivity index (χ3n) is 3.59. The maximum absolute atomic E-state index is 12.7. The predicted octanol–water partition coefficient (Wildman–Crippen LogP) is 4.25. The van der Waals surface area contributed by atoms with Crippen molar-refractivity contribution in [3.05, 3.63) is 59.2 Å². The Morgan fingerprint density at radius 1 is 1.04 bits per heavy atom. The fourth-order valence-corrected chi connectivity index (χ4v) is 2.37. The van der Waals surface area contributed by atoms with Gasteiger partial charge in [-0.3, -0.25) is 4.79 Å². The van der Waals surface area contributed by atoms with Crippen molar-refractivity contribution in [2.24, 2.45) is 0 Å². The Morgan fingerprint density at radius 3 is 2.61 bits per heavy atom. The van der Waals surface area contributed by atoms with Gasteiger partial charge in [0.15, 0.2) is 17.3 Å². The Balaban J connectivity index is 1.68. The van der Waals surface area contributed by atoms with E-state index in [0.29, 0.717) is 17.9 Å².